The van der Waals surface area contributed by atoms with Gasteiger partial charge >= 0.3 is 0 Å². The number of amides is 1. The third-order valence-electron chi connectivity index (χ3n) is 3.69. The van der Waals surface area contributed by atoms with Crippen LogP contribution in [0, 0.1) is 13.8 Å². The number of aryl methyl sites for hydroxylation is 2. The van der Waals surface area contributed by atoms with E-state index in [9.17, 15) is 4.79 Å². The van der Waals surface area contributed by atoms with Gasteiger partial charge in [-0.2, -0.15) is 5.10 Å². The standard InChI is InChI=1S/C19H19N3O2/c1-13-6-5-7-15(10-13)24-12-19(23)22-20-11-17-14(2)21-18-9-4-3-8-16(17)18/h3-11,21H,12H2,1-2H3,(H,22,23)/b20-11+. The molecule has 3 rings (SSSR count). The Labute approximate surface area is 140 Å². The van der Waals surface area contributed by atoms with Gasteiger partial charge in [0.2, 0.25) is 0 Å². The molecule has 5 nitrogen and oxygen atoms in total. The van der Waals surface area contributed by atoms with Crippen LogP contribution in [-0.2, 0) is 4.79 Å². The van der Waals surface area contributed by atoms with Crippen LogP contribution in [0.25, 0.3) is 10.9 Å². The van der Waals surface area contributed by atoms with Crippen LogP contribution in [0.5, 0.6) is 5.75 Å². The Hall–Kier alpha value is -3.08. The third-order valence-corrected chi connectivity index (χ3v) is 3.69. The summed E-state index contributed by atoms with van der Waals surface area (Å²) in [5.41, 5.74) is 6.59. The molecule has 0 radical (unpaired) electrons. The lowest BCUT2D eigenvalue weighted by atomic mass is 10.1. The lowest BCUT2D eigenvalue weighted by molar-refractivity contribution is -0.123. The lowest BCUT2D eigenvalue weighted by Gasteiger charge is -2.05. The Bertz CT molecular complexity index is 897. The van der Waals surface area contributed by atoms with Crippen LogP contribution >= 0.6 is 0 Å². The van der Waals surface area contributed by atoms with Gasteiger partial charge in [0.05, 0.1) is 6.21 Å². The van der Waals surface area contributed by atoms with Gasteiger partial charge in [-0.1, -0.05) is 30.3 Å². The van der Waals surface area contributed by atoms with Crippen LogP contribution in [0.4, 0.5) is 0 Å². The highest BCUT2D eigenvalue weighted by molar-refractivity contribution is 6.00. The van der Waals surface area contributed by atoms with Crippen molar-refractivity contribution < 1.29 is 9.53 Å². The van der Waals surface area contributed by atoms with Crippen molar-refractivity contribution in [3.05, 3.63) is 65.4 Å². The van der Waals surface area contributed by atoms with Crippen molar-refractivity contribution in [3.63, 3.8) is 0 Å². The summed E-state index contributed by atoms with van der Waals surface area (Å²) >= 11 is 0. The zero-order valence-electron chi connectivity index (χ0n) is 13.7. The molecule has 0 fully saturated rings. The van der Waals surface area contributed by atoms with Crippen LogP contribution in [-0.4, -0.2) is 23.7 Å². The number of para-hydroxylation sites is 1. The molecule has 0 saturated heterocycles. The molecule has 5 heteroatoms. The van der Waals surface area contributed by atoms with E-state index in [1.165, 1.54) is 0 Å². The second kappa shape index (κ2) is 7.00. The van der Waals surface area contributed by atoms with Crippen molar-refractivity contribution in [2.24, 2.45) is 5.10 Å². The first-order chi connectivity index (χ1) is 11.6. The monoisotopic (exact) mass is 321 g/mol. The van der Waals surface area contributed by atoms with Crippen molar-refractivity contribution in [1.29, 1.82) is 0 Å². The van der Waals surface area contributed by atoms with Crippen LogP contribution in [0.2, 0.25) is 0 Å². The van der Waals surface area contributed by atoms with E-state index < -0.39 is 0 Å². The van der Waals surface area contributed by atoms with Crippen molar-refractivity contribution in [3.8, 4) is 5.75 Å². The number of nitrogens with zero attached hydrogens (tertiary/aromatic N) is 1. The highest BCUT2D eigenvalue weighted by Gasteiger charge is 2.06. The molecule has 122 valence electrons. The van der Waals surface area contributed by atoms with Crippen LogP contribution in [0.15, 0.2) is 53.6 Å². The van der Waals surface area contributed by atoms with E-state index >= 15 is 0 Å². The first-order valence-corrected chi connectivity index (χ1v) is 7.72. The minimum atomic E-state index is -0.301. The second-order valence-electron chi connectivity index (χ2n) is 5.61. The Morgan fingerprint density at radius 2 is 2.04 bits per heavy atom. The van der Waals surface area contributed by atoms with Crippen LogP contribution < -0.4 is 10.2 Å². The molecule has 1 aromatic heterocycles. The molecule has 0 aliphatic heterocycles. The predicted octanol–water partition coefficient (Wildman–Crippen LogP) is 3.31. The fourth-order valence-corrected chi connectivity index (χ4v) is 2.52. The Morgan fingerprint density at radius 1 is 1.21 bits per heavy atom. The number of hydrogen-bond donors (Lipinski definition) is 2. The SMILES string of the molecule is Cc1cccc(OCC(=O)N/N=C/c2c(C)[nH]c3ccccc23)c1. The largest absolute Gasteiger partial charge is 0.484 e. The molecule has 0 bridgehead atoms. The van der Waals surface area contributed by atoms with E-state index in [2.05, 4.69) is 15.5 Å². The van der Waals surface area contributed by atoms with E-state index in [1.54, 1.807) is 6.21 Å². The highest BCUT2D eigenvalue weighted by atomic mass is 16.5. The van der Waals surface area contributed by atoms with E-state index in [0.29, 0.717) is 5.75 Å². The topological polar surface area (TPSA) is 66.5 Å². The predicted molar refractivity (Wildman–Crippen MR) is 95.4 cm³/mol. The quantitative estimate of drug-likeness (QED) is 0.559. The number of hydrazone groups is 1. The molecule has 0 aliphatic carbocycles. The summed E-state index contributed by atoms with van der Waals surface area (Å²) < 4.78 is 5.44. The van der Waals surface area contributed by atoms with Gasteiger partial charge in [-0.05, 0) is 37.6 Å². The normalized spacial score (nSPS) is 11.1. The molecule has 0 saturated carbocycles. The summed E-state index contributed by atoms with van der Waals surface area (Å²) in [7, 11) is 0. The number of carbonyl (C=O) groups excluding carboxylic acids is 1. The number of carbonyl (C=O) groups is 1. The molecule has 1 amide bonds. The number of nitrogens with one attached hydrogen (secondary N) is 2. The van der Waals surface area contributed by atoms with E-state index in [4.69, 9.17) is 4.74 Å². The zero-order valence-corrected chi connectivity index (χ0v) is 13.7. The molecule has 2 aromatic carbocycles. The van der Waals surface area contributed by atoms with Gasteiger partial charge in [-0.15, -0.1) is 0 Å². The van der Waals surface area contributed by atoms with Crippen molar-refractivity contribution in [2.45, 2.75) is 13.8 Å². The maximum atomic E-state index is 11.8. The molecule has 0 aliphatic rings. The summed E-state index contributed by atoms with van der Waals surface area (Å²) in [5.74, 6) is 0.367. The van der Waals surface area contributed by atoms with E-state index in [1.807, 2.05) is 62.4 Å². The van der Waals surface area contributed by atoms with Crippen LogP contribution in [0.1, 0.15) is 16.8 Å². The third kappa shape index (κ3) is 3.63. The Kier molecular flexibility index (Phi) is 4.61. The average molecular weight is 321 g/mol. The number of fused-ring (bicyclic) bond motifs is 1. The minimum absolute atomic E-state index is 0.0757. The van der Waals surface area contributed by atoms with Gasteiger partial charge in [0, 0.05) is 22.2 Å². The van der Waals surface area contributed by atoms with Crippen LogP contribution in [0.3, 0.4) is 0 Å². The van der Waals surface area contributed by atoms with Gasteiger partial charge in [0.25, 0.3) is 5.91 Å². The summed E-state index contributed by atoms with van der Waals surface area (Å²) in [6, 6.07) is 15.5. The lowest BCUT2D eigenvalue weighted by Crippen LogP contribution is -2.24. The Balaban J connectivity index is 1.59. The molecule has 24 heavy (non-hydrogen) atoms. The fourth-order valence-electron chi connectivity index (χ4n) is 2.52. The van der Waals surface area contributed by atoms with E-state index in [-0.39, 0.29) is 12.5 Å². The minimum Gasteiger partial charge on any atom is -0.484 e. The Morgan fingerprint density at radius 3 is 2.88 bits per heavy atom. The van der Waals surface area contributed by atoms with Crippen molar-refractivity contribution in [2.75, 3.05) is 6.61 Å². The van der Waals surface area contributed by atoms with Crippen molar-refractivity contribution in [1.82, 2.24) is 10.4 Å². The summed E-state index contributed by atoms with van der Waals surface area (Å²) in [6.45, 7) is 3.87. The van der Waals surface area contributed by atoms with Gasteiger partial charge in [-0.25, -0.2) is 5.43 Å². The summed E-state index contributed by atoms with van der Waals surface area (Å²) in [5, 5.41) is 5.10. The number of rotatable bonds is 5. The first-order valence-electron chi connectivity index (χ1n) is 7.72. The van der Waals surface area contributed by atoms with E-state index in [0.717, 1.165) is 27.7 Å². The van der Waals surface area contributed by atoms with Gasteiger partial charge < -0.3 is 9.72 Å². The number of ether oxygens (including phenoxy) is 1. The smallest absolute Gasteiger partial charge is 0.277 e. The summed E-state index contributed by atoms with van der Waals surface area (Å²) in [4.78, 5) is 15.1. The number of aromatic nitrogens is 1. The first kappa shape index (κ1) is 15.8. The number of benzene rings is 2. The maximum Gasteiger partial charge on any atom is 0.277 e. The molecule has 1 heterocycles. The second-order valence-corrected chi connectivity index (χ2v) is 5.61. The molecular weight excluding hydrogens is 302 g/mol. The van der Waals surface area contributed by atoms with Gasteiger partial charge in [-0.3, -0.25) is 4.79 Å². The molecule has 3 aromatic rings. The molecule has 2 N–H and O–H groups in total. The number of aromatic amines is 1. The zero-order chi connectivity index (χ0) is 16.9. The number of hydrogen-bond acceptors (Lipinski definition) is 3. The average Bonchev–Trinajstić information content (AvgIpc) is 2.89. The molecule has 0 spiro atoms. The fraction of sp³-hybridized carbons (Fsp3) is 0.158. The van der Waals surface area contributed by atoms with Gasteiger partial charge in [0.15, 0.2) is 6.61 Å². The van der Waals surface area contributed by atoms with Gasteiger partial charge in [0.1, 0.15) is 5.75 Å². The maximum absolute atomic E-state index is 11.8. The molecule has 0 atom stereocenters. The summed E-state index contributed by atoms with van der Waals surface area (Å²) in [6.07, 6.45) is 1.65. The molecule has 0 unspecified atom stereocenters. The highest BCUT2D eigenvalue weighted by Crippen LogP contribution is 2.19. The number of H-pyrrole nitrogens is 1. The molecular formula is C19H19N3O2. The van der Waals surface area contributed by atoms with Crippen molar-refractivity contribution >= 4 is 23.0 Å².